The summed E-state index contributed by atoms with van der Waals surface area (Å²) in [5.74, 6) is 3.14. The summed E-state index contributed by atoms with van der Waals surface area (Å²) in [5.41, 5.74) is 26.9. The van der Waals surface area contributed by atoms with E-state index in [1.165, 1.54) is 69.1 Å². The molecule has 2 aliphatic heterocycles. The lowest BCUT2D eigenvalue weighted by atomic mass is 10.1. The average molecular weight is 1900 g/mol. The molecule has 10 heterocycles. The predicted molar refractivity (Wildman–Crippen MR) is 477 cm³/mol. The van der Waals surface area contributed by atoms with Crippen LogP contribution in [0.1, 0.15) is 51.4 Å². The van der Waals surface area contributed by atoms with Crippen molar-refractivity contribution >= 4 is 196 Å². The minimum atomic E-state index is -3.67. The van der Waals surface area contributed by atoms with Crippen LogP contribution in [0.2, 0.25) is 0 Å². The maximum Gasteiger partial charge on any atom is 0.258 e. The van der Waals surface area contributed by atoms with Crippen LogP contribution in [0.25, 0.3) is 43.1 Å². The van der Waals surface area contributed by atoms with Gasteiger partial charge in [0.15, 0.2) is 39.9 Å². The van der Waals surface area contributed by atoms with Gasteiger partial charge in [-0.15, -0.1) is 40.9 Å². The van der Waals surface area contributed by atoms with Gasteiger partial charge in [-0.3, -0.25) is 0 Å². The second-order valence-corrected chi connectivity index (χ2v) is 34.9. The number of pyridine rings is 8. The summed E-state index contributed by atoms with van der Waals surface area (Å²) in [5, 5.41) is 40.7. The van der Waals surface area contributed by atoms with Gasteiger partial charge in [0.1, 0.15) is 58.0 Å². The fourth-order valence-electron chi connectivity index (χ4n) is 12.0. The van der Waals surface area contributed by atoms with Crippen LogP contribution in [-0.2, 0) is 20.0 Å². The molecule has 8 aromatic heterocycles. The number of nitrogen functional groups attached to an aromatic ring is 4. The molecule has 4 aromatic carbocycles. The number of likely N-dealkylation sites (N-methyl/N-ethyl adjacent to an activating group) is 2. The number of halogens is 4. The molecule has 0 spiro atoms. The van der Waals surface area contributed by atoms with Crippen LogP contribution < -0.4 is 41.9 Å². The molecule has 0 radical (unpaired) electrons. The third-order valence-corrected chi connectivity index (χ3v) is 23.1. The molecular weight excluding hydrogens is 1800 g/mol. The van der Waals surface area contributed by atoms with Crippen LogP contribution >= 0.6 is 63.7 Å². The van der Waals surface area contributed by atoms with Crippen LogP contribution in [0, 0.1) is 0 Å². The Labute approximate surface area is 718 Å². The zero-order valence-electron chi connectivity index (χ0n) is 65.3. The van der Waals surface area contributed by atoms with Crippen LogP contribution in [0.3, 0.4) is 0 Å². The molecular formula is C80H90Br4N26O6S2. The number of anilines is 4. The molecule has 38 heteroatoms. The maximum absolute atomic E-state index is 12.5. The summed E-state index contributed by atoms with van der Waals surface area (Å²) in [6, 6.07) is 36.2. The van der Waals surface area contributed by atoms with Gasteiger partial charge in [-0.05, 0) is 197 Å². The number of likely N-dealkylation sites (tertiary alicyclic amines) is 2. The van der Waals surface area contributed by atoms with E-state index in [9.17, 15) is 16.8 Å². The van der Waals surface area contributed by atoms with Crippen molar-refractivity contribution in [3.8, 4) is 11.6 Å². The summed E-state index contributed by atoms with van der Waals surface area (Å²) in [6.45, 7) is 9.82. The average Bonchev–Trinajstić information content (AvgIpc) is 0.813. The number of azo groups is 4. The number of ether oxygens (including phenoxy) is 2. The number of benzene rings is 4. The first kappa shape index (κ1) is 88.7. The molecule has 0 aliphatic carbocycles. The lowest BCUT2D eigenvalue weighted by Crippen LogP contribution is -2.33. The topological polar surface area (TPSA) is 430 Å². The molecule has 12 aromatic rings. The summed E-state index contributed by atoms with van der Waals surface area (Å²) in [6.07, 6.45) is 21.7. The quantitative estimate of drug-likeness (QED) is 0.0196. The number of hydrogen-bond donors (Lipinski definition) is 6. The Kier molecular flexibility index (Phi) is 32.7. The monoisotopic (exact) mass is 1890 g/mol. The van der Waals surface area contributed by atoms with Crippen molar-refractivity contribution in [2.75, 3.05) is 130 Å². The second kappa shape index (κ2) is 43.6. The largest absolute Gasteiger partial charge is 0.491 e. The summed E-state index contributed by atoms with van der Waals surface area (Å²) >= 11 is 13.8. The number of sulfonamides is 2. The lowest BCUT2D eigenvalue weighted by Gasteiger charge is -2.26. The van der Waals surface area contributed by atoms with Crippen LogP contribution in [0.5, 0.6) is 11.6 Å². The van der Waals surface area contributed by atoms with Gasteiger partial charge in [-0.25, -0.2) is 66.2 Å². The number of nitrogens with one attached hydrogen (secondary N) is 2. The van der Waals surface area contributed by atoms with E-state index >= 15 is 0 Å². The van der Waals surface area contributed by atoms with Crippen molar-refractivity contribution in [1.82, 2.24) is 68.9 Å². The van der Waals surface area contributed by atoms with Gasteiger partial charge in [0.2, 0.25) is 15.9 Å². The van der Waals surface area contributed by atoms with Crippen molar-refractivity contribution in [1.29, 1.82) is 0 Å². The van der Waals surface area contributed by atoms with Crippen molar-refractivity contribution in [2.45, 2.75) is 61.3 Å². The first-order valence-electron chi connectivity index (χ1n) is 37.8. The number of aromatic nitrogens is 8. The molecule has 118 heavy (non-hydrogen) atoms. The summed E-state index contributed by atoms with van der Waals surface area (Å²) < 4.78 is 70.2. The van der Waals surface area contributed by atoms with E-state index in [-0.39, 0.29) is 27.4 Å². The van der Waals surface area contributed by atoms with E-state index in [1.807, 2.05) is 112 Å². The Hall–Kier alpha value is -10.1. The first-order valence-corrected chi connectivity index (χ1v) is 43.9. The Balaban J connectivity index is 0.000000155. The fraction of sp³-hybridized carbons (Fsp3) is 0.300. The molecule has 14 rings (SSSR count). The van der Waals surface area contributed by atoms with Crippen LogP contribution in [-0.4, -0.2) is 183 Å². The van der Waals surface area contributed by atoms with E-state index in [1.54, 1.807) is 61.4 Å². The lowest BCUT2D eigenvalue weighted by molar-refractivity contribution is 0.227. The van der Waals surface area contributed by atoms with Gasteiger partial charge in [0, 0.05) is 124 Å². The molecule has 0 atom stereocenters. The zero-order valence-corrected chi connectivity index (χ0v) is 73.3. The van der Waals surface area contributed by atoms with Gasteiger partial charge >= 0.3 is 0 Å². The third kappa shape index (κ3) is 26.4. The summed E-state index contributed by atoms with van der Waals surface area (Å²) in [4.78, 5) is 42.3. The number of nitrogens with two attached hydrogens (primary N) is 4. The van der Waals surface area contributed by atoms with E-state index in [2.05, 4.69) is 169 Å². The van der Waals surface area contributed by atoms with Crippen LogP contribution in [0.4, 0.5) is 69.0 Å². The van der Waals surface area contributed by atoms with E-state index in [4.69, 9.17) is 32.4 Å². The molecule has 0 unspecified atom stereocenters. The Morgan fingerprint density at radius 2 is 0.788 bits per heavy atom. The van der Waals surface area contributed by atoms with Gasteiger partial charge in [0.25, 0.3) is 10.0 Å². The molecule has 10 N–H and O–H groups in total. The molecule has 2 saturated heterocycles. The number of piperidine rings is 2. The van der Waals surface area contributed by atoms with Crippen LogP contribution in [0.15, 0.2) is 240 Å². The Morgan fingerprint density at radius 3 is 1.16 bits per heavy atom. The van der Waals surface area contributed by atoms with Crippen molar-refractivity contribution < 1.29 is 26.3 Å². The highest BCUT2D eigenvalue weighted by Crippen LogP contribution is 2.38. The highest BCUT2D eigenvalue weighted by Gasteiger charge is 2.20. The molecule has 2 aliphatic rings. The minimum Gasteiger partial charge on any atom is -0.491 e. The van der Waals surface area contributed by atoms with Crippen molar-refractivity contribution in [3.05, 3.63) is 189 Å². The first-order chi connectivity index (χ1) is 56.9. The molecule has 0 saturated carbocycles. The van der Waals surface area contributed by atoms with Gasteiger partial charge in [-0.1, -0.05) is 101 Å². The maximum atomic E-state index is 12.5. The normalized spacial score (nSPS) is 13.7. The predicted octanol–water partition coefficient (Wildman–Crippen LogP) is 17.7. The van der Waals surface area contributed by atoms with Crippen molar-refractivity contribution in [2.24, 2.45) is 40.9 Å². The fourth-order valence-corrected chi connectivity index (χ4v) is 15.5. The standard InChI is InChI=1S/2C22H26BrN7O2S.2C18H19BrN6O/c23-17-6-5-16-14-26-22(24)21(19(16)13-17)29-28-20-8-7-18(15-25-20)33(31,32)27-9-4-12-30-10-2-1-3-11-30;23-17-6-5-16-14-26-22(24)21(19(16)13-17)29-28-18-7-8-20(25-15-18)33(31,32)27-9-4-12-30-10-2-1-3-11-30;1-25(2)7-8-26-14-5-6-16(21-11-14)23-24-17-15-9-13(19)4-3-12(15)10-22-18(17)20;1-25(2)7-8-26-16-6-5-14(11-21-16)23-24-17-15-9-13(19)4-3-12(15)10-22-18(17)20/h2*5-8,13-15,27H,1-4,9-12H2,(H2,24,26);2*3-6,9-11H,7-8H2,1-2H3,(H2,20,22). The molecule has 2 fully saturated rings. The Bertz CT molecular complexity index is 5370. The van der Waals surface area contributed by atoms with Gasteiger partial charge in [0.05, 0.1) is 18.6 Å². The SMILES string of the molecule is CN(C)CCOc1ccc(N=Nc2c(N)ncc3ccc(Br)cc23)cn1.CN(C)CCOc1ccc(N=Nc2c(N)ncc3ccc(Br)cc23)nc1.Nc1ncc2ccc(Br)cc2c1N=Nc1ccc(S(=O)(=O)NCCCN2CCCCC2)cn1.Nc1ncc2ccc(Br)cc2c1N=Nc1ccc(S(=O)(=O)NCCCN2CCCCC2)nc1. The second-order valence-electron chi connectivity index (χ2n) is 27.7. The highest BCUT2D eigenvalue weighted by molar-refractivity contribution is 9.11. The number of rotatable bonds is 28. The molecule has 0 bridgehead atoms. The summed E-state index contributed by atoms with van der Waals surface area (Å²) in [7, 11) is 0.680. The van der Waals surface area contributed by atoms with E-state index < -0.39 is 20.0 Å². The van der Waals surface area contributed by atoms with E-state index in [0.717, 1.165) is 126 Å². The highest BCUT2D eigenvalue weighted by atomic mass is 79.9. The van der Waals surface area contributed by atoms with Gasteiger partial charge < -0.3 is 52.0 Å². The molecule has 32 nitrogen and oxygen atoms in total. The number of hydrogen-bond acceptors (Lipinski definition) is 30. The number of nitrogens with zero attached hydrogens (tertiary/aromatic N) is 20. The zero-order chi connectivity index (χ0) is 83.6. The third-order valence-electron chi connectivity index (χ3n) is 18.3. The number of fused-ring (bicyclic) bond motifs is 4. The van der Waals surface area contributed by atoms with Crippen molar-refractivity contribution in [3.63, 3.8) is 0 Å². The van der Waals surface area contributed by atoms with Gasteiger partial charge in [-0.2, -0.15) is 0 Å². The smallest absolute Gasteiger partial charge is 0.258 e. The van der Waals surface area contributed by atoms with E-state index in [0.29, 0.717) is 89.5 Å². The minimum absolute atomic E-state index is 0.0466. The Morgan fingerprint density at radius 1 is 0.398 bits per heavy atom. The molecule has 0 amide bonds. The molecule has 616 valence electrons.